The first kappa shape index (κ1) is 8.59. The molecule has 0 unspecified atom stereocenters. The van der Waals surface area contributed by atoms with Gasteiger partial charge >= 0.3 is 6.08 Å². The Morgan fingerprint density at radius 3 is 2.93 bits per heavy atom. The Kier molecular flexibility index (Phi) is 1.80. The van der Waals surface area contributed by atoms with Crippen molar-refractivity contribution in [3.05, 3.63) is 18.2 Å². The zero-order valence-corrected chi connectivity index (χ0v) is 8.14. The molecule has 1 N–H and O–H groups in total. The minimum Gasteiger partial charge on any atom is -0.506 e. The van der Waals surface area contributed by atoms with Gasteiger partial charge in [-0.2, -0.15) is 4.98 Å². The van der Waals surface area contributed by atoms with Crippen LogP contribution in [0.15, 0.2) is 22.6 Å². The van der Waals surface area contributed by atoms with Crippen LogP contribution in [0.3, 0.4) is 0 Å². The molecule has 1 aliphatic carbocycles. The van der Waals surface area contributed by atoms with Crippen molar-refractivity contribution in [1.82, 2.24) is 4.98 Å². The molecule has 4 heteroatoms. The van der Waals surface area contributed by atoms with E-state index in [1.165, 1.54) is 6.42 Å². The minimum atomic E-state index is 0.125. The molecule has 15 heavy (non-hydrogen) atoms. The van der Waals surface area contributed by atoms with E-state index in [2.05, 4.69) is 4.98 Å². The van der Waals surface area contributed by atoms with Crippen molar-refractivity contribution < 1.29 is 14.3 Å². The number of fused-ring (bicyclic) bond motifs is 1. The average Bonchev–Trinajstić information content (AvgIpc) is 2.56. The maximum atomic E-state index is 9.51. The Balaban J connectivity index is 1.95. The van der Waals surface area contributed by atoms with Gasteiger partial charge in [0.2, 0.25) is 0 Å². The molecule has 1 heterocycles. The van der Waals surface area contributed by atoms with Gasteiger partial charge in [-0.3, -0.25) is 0 Å². The van der Waals surface area contributed by atoms with Crippen LogP contribution in [0.1, 0.15) is 19.3 Å². The number of rotatable bonds is 2. The smallest absolute Gasteiger partial charge is 0.395 e. The number of phenolic OH excluding ortho intramolecular Hbond substituents is 1. The number of benzene rings is 1. The van der Waals surface area contributed by atoms with Crippen molar-refractivity contribution in [1.29, 1.82) is 0 Å². The van der Waals surface area contributed by atoms with Crippen molar-refractivity contribution in [2.75, 3.05) is 0 Å². The first-order chi connectivity index (χ1) is 7.33. The Hall–Kier alpha value is -1.71. The molecule has 1 fully saturated rings. The molecule has 78 valence electrons. The van der Waals surface area contributed by atoms with E-state index in [0.29, 0.717) is 11.1 Å². The summed E-state index contributed by atoms with van der Waals surface area (Å²) in [5, 5.41) is 9.51. The lowest BCUT2D eigenvalue weighted by atomic mass is 9.96. The van der Waals surface area contributed by atoms with E-state index in [1.54, 1.807) is 18.2 Å². The molecule has 0 amide bonds. The van der Waals surface area contributed by atoms with Crippen molar-refractivity contribution in [3.8, 4) is 11.8 Å². The molecule has 2 aromatic rings. The van der Waals surface area contributed by atoms with Crippen LogP contribution in [0.4, 0.5) is 0 Å². The molecule has 1 aliphatic rings. The zero-order chi connectivity index (χ0) is 10.3. The van der Waals surface area contributed by atoms with Crippen LogP contribution < -0.4 is 4.74 Å². The summed E-state index contributed by atoms with van der Waals surface area (Å²) in [6.07, 6.45) is 3.82. The quantitative estimate of drug-likeness (QED) is 0.818. The second kappa shape index (κ2) is 3.15. The van der Waals surface area contributed by atoms with Crippen LogP contribution in [-0.4, -0.2) is 16.2 Å². The summed E-state index contributed by atoms with van der Waals surface area (Å²) in [4.78, 5) is 4.10. The molecule has 4 nitrogen and oxygen atoms in total. The number of oxazole rings is 1. The summed E-state index contributed by atoms with van der Waals surface area (Å²) >= 11 is 0. The van der Waals surface area contributed by atoms with E-state index in [0.717, 1.165) is 12.8 Å². The molecule has 3 rings (SSSR count). The van der Waals surface area contributed by atoms with Gasteiger partial charge in [-0.1, -0.05) is 6.07 Å². The predicted octanol–water partition coefficient (Wildman–Crippen LogP) is 2.46. The SMILES string of the molecule is Oc1cccc2oc(OC3CCC3)nc12. The highest BCUT2D eigenvalue weighted by Gasteiger charge is 2.22. The molecule has 1 aromatic carbocycles. The lowest BCUT2D eigenvalue weighted by Crippen LogP contribution is -2.24. The molecule has 0 aliphatic heterocycles. The average molecular weight is 205 g/mol. The van der Waals surface area contributed by atoms with Gasteiger partial charge in [0, 0.05) is 0 Å². The fraction of sp³-hybridized carbons (Fsp3) is 0.364. The third-order valence-electron chi connectivity index (χ3n) is 2.70. The second-order valence-electron chi connectivity index (χ2n) is 3.77. The Labute approximate surface area is 86.5 Å². The maximum Gasteiger partial charge on any atom is 0.395 e. The number of hydrogen-bond donors (Lipinski definition) is 1. The first-order valence-corrected chi connectivity index (χ1v) is 5.08. The van der Waals surface area contributed by atoms with E-state index < -0.39 is 0 Å². The van der Waals surface area contributed by atoms with Gasteiger partial charge < -0.3 is 14.3 Å². The van der Waals surface area contributed by atoms with Gasteiger partial charge in [-0.25, -0.2) is 0 Å². The van der Waals surface area contributed by atoms with Crippen molar-refractivity contribution in [2.24, 2.45) is 0 Å². The summed E-state index contributed by atoms with van der Waals surface area (Å²) in [5.41, 5.74) is 1.02. The lowest BCUT2D eigenvalue weighted by molar-refractivity contribution is 0.0857. The normalized spacial score (nSPS) is 16.5. The third-order valence-corrected chi connectivity index (χ3v) is 2.70. The van der Waals surface area contributed by atoms with E-state index in [1.807, 2.05) is 0 Å². The van der Waals surface area contributed by atoms with E-state index in [4.69, 9.17) is 9.15 Å². The fourth-order valence-corrected chi connectivity index (χ4v) is 1.60. The van der Waals surface area contributed by atoms with E-state index >= 15 is 0 Å². The summed E-state index contributed by atoms with van der Waals surface area (Å²) in [5.74, 6) is 0.125. The molecule has 0 radical (unpaired) electrons. The molecule has 0 spiro atoms. The maximum absolute atomic E-state index is 9.51. The minimum absolute atomic E-state index is 0.125. The van der Waals surface area contributed by atoms with Crippen LogP contribution in [0.5, 0.6) is 11.8 Å². The monoisotopic (exact) mass is 205 g/mol. The molecular weight excluding hydrogens is 194 g/mol. The molecule has 1 aromatic heterocycles. The van der Waals surface area contributed by atoms with Gasteiger partial charge in [-0.05, 0) is 31.4 Å². The molecule has 0 bridgehead atoms. The first-order valence-electron chi connectivity index (χ1n) is 5.08. The Morgan fingerprint density at radius 1 is 1.40 bits per heavy atom. The van der Waals surface area contributed by atoms with Crippen LogP contribution in [0.2, 0.25) is 0 Å². The standard InChI is InChI=1S/C11H11NO3/c13-8-5-2-6-9-10(8)12-11(15-9)14-7-3-1-4-7/h2,5-7,13H,1,3-4H2. The van der Waals surface area contributed by atoms with Gasteiger partial charge in [0.1, 0.15) is 11.9 Å². The van der Waals surface area contributed by atoms with Crippen LogP contribution in [0, 0.1) is 0 Å². The molecular formula is C11H11NO3. The second-order valence-corrected chi connectivity index (χ2v) is 3.77. The Bertz CT molecular complexity index is 488. The topological polar surface area (TPSA) is 55.5 Å². The highest BCUT2D eigenvalue weighted by Crippen LogP contribution is 2.30. The third kappa shape index (κ3) is 1.42. The molecule has 1 saturated carbocycles. The van der Waals surface area contributed by atoms with Crippen LogP contribution >= 0.6 is 0 Å². The number of hydrogen-bond acceptors (Lipinski definition) is 4. The van der Waals surface area contributed by atoms with Gasteiger partial charge in [0.15, 0.2) is 11.1 Å². The van der Waals surface area contributed by atoms with Crippen molar-refractivity contribution >= 4 is 11.1 Å². The Morgan fingerprint density at radius 2 is 2.27 bits per heavy atom. The van der Waals surface area contributed by atoms with Gasteiger partial charge in [0.25, 0.3) is 0 Å². The summed E-state index contributed by atoms with van der Waals surface area (Å²) in [7, 11) is 0. The van der Waals surface area contributed by atoms with Crippen LogP contribution in [-0.2, 0) is 0 Å². The highest BCUT2D eigenvalue weighted by atomic mass is 16.6. The number of aromatic nitrogens is 1. The molecule has 0 atom stereocenters. The number of aromatic hydroxyl groups is 1. The van der Waals surface area contributed by atoms with E-state index in [-0.39, 0.29) is 17.9 Å². The predicted molar refractivity (Wildman–Crippen MR) is 53.9 cm³/mol. The number of ether oxygens (including phenoxy) is 1. The van der Waals surface area contributed by atoms with E-state index in [9.17, 15) is 5.11 Å². The highest BCUT2D eigenvalue weighted by molar-refractivity contribution is 5.79. The number of phenols is 1. The largest absolute Gasteiger partial charge is 0.506 e. The van der Waals surface area contributed by atoms with Gasteiger partial charge in [0.05, 0.1) is 0 Å². The number of para-hydroxylation sites is 1. The summed E-state index contributed by atoms with van der Waals surface area (Å²) < 4.78 is 10.9. The van der Waals surface area contributed by atoms with Gasteiger partial charge in [-0.15, -0.1) is 0 Å². The number of nitrogens with zero attached hydrogens (tertiary/aromatic N) is 1. The summed E-state index contributed by atoms with van der Waals surface area (Å²) in [6, 6.07) is 5.06. The molecule has 0 saturated heterocycles. The van der Waals surface area contributed by atoms with Crippen molar-refractivity contribution in [2.45, 2.75) is 25.4 Å². The zero-order valence-electron chi connectivity index (χ0n) is 8.14. The van der Waals surface area contributed by atoms with Crippen LogP contribution in [0.25, 0.3) is 11.1 Å². The fourth-order valence-electron chi connectivity index (χ4n) is 1.60. The summed E-state index contributed by atoms with van der Waals surface area (Å²) in [6.45, 7) is 0. The lowest BCUT2D eigenvalue weighted by Gasteiger charge is -2.23. The van der Waals surface area contributed by atoms with Crippen molar-refractivity contribution in [3.63, 3.8) is 0 Å².